The van der Waals surface area contributed by atoms with Gasteiger partial charge in [0.05, 0.1) is 24.3 Å². The molecule has 1 N–H and O–H groups in total. The van der Waals surface area contributed by atoms with E-state index in [2.05, 4.69) is 11.4 Å². The number of nitrogens with one attached hydrogen (secondary N) is 1. The van der Waals surface area contributed by atoms with Crippen LogP contribution in [0.15, 0.2) is 18.2 Å². The van der Waals surface area contributed by atoms with Crippen molar-refractivity contribution in [1.82, 2.24) is 5.32 Å². The van der Waals surface area contributed by atoms with Crippen LogP contribution < -0.4 is 10.1 Å². The molecule has 1 aliphatic heterocycles. The van der Waals surface area contributed by atoms with Crippen molar-refractivity contribution in [2.24, 2.45) is 0 Å². The topological polar surface area (TPSA) is 30.5 Å². The Bertz CT molecular complexity index is 364. The van der Waals surface area contributed by atoms with Gasteiger partial charge in [0.1, 0.15) is 5.75 Å². The van der Waals surface area contributed by atoms with Crippen LogP contribution in [0.4, 0.5) is 0 Å². The van der Waals surface area contributed by atoms with Gasteiger partial charge in [-0.25, -0.2) is 0 Å². The zero-order valence-corrected chi connectivity index (χ0v) is 10.8. The largest absolute Gasteiger partial charge is 0.492 e. The highest BCUT2D eigenvalue weighted by Gasteiger charge is 2.14. The number of hydrogen-bond donors (Lipinski definition) is 1. The fourth-order valence-corrected chi connectivity index (χ4v) is 2.22. The number of ether oxygens (including phenoxy) is 2. The van der Waals surface area contributed by atoms with Crippen molar-refractivity contribution in [1.29, 1.82) is 0 Å². The maximum absolute atomic E-state index is 6.14. The maximum Gasteiger partial charge on any atom is 0.137 e. The summed E-state index contributed by atoms with van der Waals surface area (Å²) in [5.41, 5.74) is 1.19. The first-order chi connectivity index (χ1) is 8.29. The lowest BCUT2D eigenvalue weighted by Gasteiger charge is -2.23. The van der Waals surface area contributed by atoms with Crippen LogP contribution in [0.2, 0.25) is 5.02 Å². The van der Waals surface area contributed by atoms with Gasteiger partial charge < -0.3 is 14.8 Å². The molecule has 1 aromatic rings. The summed E-state index contributed by atoms with van der Waals surface area (Å²) >= 11 is 6.14. The monoisotopic (exact) mass is 255 g/mol. The first-order valence-corrected chi connectivity index (χ1v) is 6.41. The number of benzene rings is 1. The van der Waals surface area contributed by atoms with Gasteiger partial charge in [0, 0.05) is 13.1 Å². The number of halogens is 1. The van der Waals surface area contributed by atoms with Gasteiger partial charge >= 0.3 is 0 Å². The molecule has 17 heavy (non-hydrogen) atoms. The van der Waals surface area contributed by atoms with Crippen molar-refractivity contribution in [3.05, 3.63) is 28.8 Å². The van der Waals surface area contributed by atoms with E-state index in [1.165, 1.54) is 5.56 Å². The van der Waals surface area contributed by atoms with Gasteiger partial charge in [0.25, 0.3) is 0 Å². The predicted molar refractivity (Wildman–Crippen MR) is 68.9 cm³/mol. The Kier molecular flexibility index (Phi) is 4.66. The van der Waals surface area contributed by atoms with Crippen LogP contribution in [-0.4, -0.2) is 32.4 Å². The molecule has 1 heterocycles. The molecule has 94 valence electrons. The molecule has 1 saturated heterocycles. The summed E-state index contributed by atoms with van der Waals surface area (Å²) in [6.45, 7) is 5.22. The normalized spacial score (nSPS) is 20.2. The third kappa shape index (κ3) is 3.60. The summed E-state index contributed by atoms with van der Waals surface area (Å²) in [5, 5.41) is 3.99. The average Bonchev–Trinajstić information content (AvgIpc) is 2.34. The van der Waals surface area contributed by atoms with Crippen LogP contribution in [0, 0.1) is 0 Å². The molecule has 1 aromatic carbocycles. The Morgan fingerprint density at radius 1 is 1.53 bits per heavy atom. The van der Waals surface area contributed by atoms with E-state index in [9.17, 15) is 0 Å². The first-order valence-electron chi connectivity index (χ1n) is 6.03. The molecule has 1 fully saturated rings. The second-order valence-electron chi connectivity index (χ2n) is 4.10. The van der Waals surface area contributed by atoms with Gasteiger partial charge in [0.2, 0.25) is 0 Å². The molecular weight excluding hydrogens is 238 g/mol. The first kappa shape index (κ1) is 12.7. The molecule has 0 radical (unpaired) electrons. The molecule has 0 amide bonds. The minimum atomic E-state index is 0.248. The fraction of sp³-hybridized carbons (Fsp3) is 0.538. The third-order valence-electron chi connectivity index (χ3n) is 2.76. The Morgan fingerprint density at radius 2 is 2.41 bits per heavy atom. The molecular formula is C13H18ClNO2. The van der Waals surface area contributed by atoms with Gasteiger partial charge in [-0.3, -0.25) is 0 Å². The summed E-state index contributed by atoms with van der Waals surface area (Å²) in [6.07, 6.45) is 1.14. The highest BCUT2D eigenvalue weighted by molar-refractivity contribution is 6.32. The SMILES string of the molecule is CCOc1ccc(C[C@@H]2CNCCO2)cc1Cl. The van der Waals surface area contributed by atoms with Crippen molar-refractivity contribution >= 4 is 11.6 Å². The van der Waals surface area contributed by atoms with Gasteiger partial charge in [-0.15, -0.1) is 0 Å². The van der Waals surface area contributed by atoms with Gasteiger partial charge in [0.15, 0.2) is 0 Å². The van der Waals surface area contributed by atoms with Crippen molar-refractivity contribution in [3.63, 3.8) is 0 Å². The maximum atomic E-state index is 6.14. The van der Waals surface area contributed by atoms with Crippen LogP contribution in [0.25, 0.3) is 0 Å². The van der Waals surface area contributed by atoms with Crippen LogP contribution in [0.1, 0.15) is 12.5 Å². The molecule has 1 aliphatic rings. The summed E-state index contributed by atoms with van der Waals surface area (Å²) in [6, 6.07) is 5.94. The van der Waals surface area contributed by atoms with Crippen molar-refractivity contribution < 1.29 is 9.47 Å². The second kappa shape index (κ2) is 6.24. The van der Waals surface area contributed by atoms with Crippen LogP contribution in [-0.2, 0) is 11.2 Å². The third-order valence-corrected chi connectivity index (χ3v) is 3.06. The summed E-state index contributed by atoms with van der Waals surface area (Å²) in [4.78, 5) is 0. The van der Waals surface area contributed by atoms with E-state index >= 15 is 0 Å². The van der Waals surface area contributed by atoms with E-state index in [4.69, 9.17) is 21.1 Å². The number of morpholine rings is 1. The highest BCUT2D eigenvalue weighted by Crippen LogP contribution is 2.26. The smallest absolute Gasteiger partial charge is 0.137 e. The lowest BCUT2D eigenvalue weighted by Crippen LogP contribution is -2.39. The molecule has 0 spiro atoms. The van der Waals surface area contributed by atoms with E-state index < -0.39 is 0 Å². The predicted octanol–water partition coefficient (Wildman–Crippen LogP) is 2.27. The molecule has 0 aliphatic carbocycles. The van der Waals surface area contributed by atoms with E-state index in [0.29, 0.717) is 11.6 Å². The Labute approximate surface area is 107 Å². The van der Waals surface area contributed by atoms with Gasteiger partial charge in [-0.2, -0.15) is 0 Å². The van der Waals surface area contributed by atoms with Crippen LogP contribution >= 0.6 is 11.6 Å². The van der Waals surface area contributed by atoms with Crippen molar-refractivity contribution in [3.8, 4) is 5.75 Å². The second-order valence-corrected chi connectivity index (χ2v) is 4.51. The lowest BCUT2D eigenvalue weighted by atomic mass is 10.1. The van der Waals surface area contributed by atoms with E-state index in [0.717, 1.165) is 31.9 Å². The van der Waals surface area contributed by atoms with E-state index in [1.54, 1.807) is 0 Å². The average molecular weight is 256 g/mol. The van der Waals surface area contributed by atoms with Gasteiger partial charge in [-0.1, -0.05) is 17.7 Å². The molecule has 0 unspecified atom stereocenters. The highest BCUT2D eigenvalue weighted by atomic mass is 35.5. The molecule has 0 bridgehead atoms. The lowest BCUT2D eigenvalue weighted by molar-refractivity contribution is 0.0292. The zero-order valence-electron chi connectivity index (χ0n) is 10.0. The molecule has 2 rings (SSSR count). The fourth-order valence-electron chi connectivity index (χ4n) is 1.96. The summed E-state index contributed by atoms with van der Waals surface area (Å²) in [5.74, 6) is 0.751. The standard InChI is InChI=1S/C13H18ClNO2/c1-2-16-13-4-3-10(8-12(13)14)7-11-9-15-5-6-17-11/h3-4,8,11,15H,2,5-7,9H2,1H3/t11-/m1/s1. The van der Waals surface area contributed by atoms with E-state index in [1.807, 2.05) is 19.1 Å². The zero-order chi connectivity index (χ0) is 12.1. The molecule has 1 atom stereocenters. The summed E-state index contributed by atoms with van der Waals surface area (Å²) in [7, 11) is 0. The molecule has 0 aromatic heterocycles. The molecule has 3 nitrogen and oxygen atoms in total. The van der Waals surface area contributed by atoms with Crippen molar-refractivity contribution in [2.75, 3.05) is 26.3 Å². The van der Waals surface area contributed by atoms with Crippen LogP contribution in [0.3, 0.4) is 0 Å². The minimum Gasteiger partial charge on any atom is -0.492 e. The van der Waals surface area contributed by atoms with E-state index in [-0.39, 0.29) is 6.10 Å². The quantitative estimate of drug-likeness (QED) is 0.895. The number of hydrogen-bond acceptors (Lipinski definition) is 3. The molecule has 4 heteroatoms. The summed E-state index contributed by atoms with van der Waals surface area (Å²) < 4.78 is 11.1. The van der Waals surface area contributed by atoms with Crippen LogP contribution in [0.5, 0.6) is 5.75 Å². The minimum absolute atomic E-state index is 0.248. The Balaban J connectivity index is 1.98. The Morgan fingerprint density at radius 3 is 3.06 bits per heavy atom. The molecule has 0 saturated carbocycles. The number of rotatable bonds is 4. The van der Waals surface area contributed by atoms with Crippen molar-refractivity contribution in [2.45, 2.75) is 19.4 Å². The van der Waals surface area contributed by atoms with Gasteiger partial charge in [-0.05, 0) is 31.0 Å². The Hall–Kier alpha value is -0.770.